The summed E-state index contributed by atoms with van der Waals surface area (Å²) >= 11 is 6.01. The quantitative estimate of drug-likeness (QED) is 0.941. The second-order valence-corrected chi connectivity index (χ2v) is 6.45. The van der Waals surface area contributed by atoms with E-state index >= 15 is 0 Å². The monoisotopic (exact) mass is 316 g/mol. The first-order valence-electron chi connectivity index (χ1n) is 7.66. The molecule has 1 aliphatic carbocycles. The number of carbonyl (C=O) groups is 1. The molecule has 1 N–H and O–H groups in total. The average Bonchev–Trinajstić information content (AvgIpc) is 3.02. The number of halogens is 1. The lowest BCUT2D eigenvalue weighted by molar-refractivity contribution is -0.122. The van der Waals surface area contributed by atoms with Crippen LogP contribution >= 0.6 is 11.6 Å². The van der Waals surface area contributed by atoms with E-state index in [0.717, 1.165) is 48.0 Å². The minimum atomic E-state index is 0.0550. The van der Waals surface area contributed by atoms with E-state index in [1.54, 1.807) is 0 Å². The van der Waals surface area contributed by atoms with Gasteiger partial charge in [0.25, 0.3) is 0 Å². The van der Waals surface area contributed by atoms with Crippen molar-refractivity contribution in [1.29, 1.82) is 0 Å². The van der Waals surface area contributed by atoms with Crippen molar-refractivity contribution in [1.82, 2.24) is 20.1 Å². The van der Waals surface area contributed by atoms with Crippen molar-refractivity contribution in [2.24, 2.45) is 5.92 Å². The minimum absolute atomic E-state index is 0.0550. The molecule has 5 nitrogen and oxygen atoms in total. The molecule has 1 fully saturated rings. The lowest BCUT2D eigenvalue weighted by Crippen LogP contribution is -2.26. The predicted molar refractivity (Wildman–Crippen MR) is 82.5 cm³/mol. The molecule has 1 aromatic carbocycles. The number of hydrogen-bond donors (Lipinski definition) is 1. The first kappa shape index (κ1) is 13.8. The Morgan fingerprint density at radius 2 is 2.32 bits per heavy atom. The molecule has 1 amide bonds. The maximum atomic E-state index is 12.3. The average molecular weight is 317 g/mol. The number of fused-ring (bicyclic) bond motifs is 1. The Labute approximate surface area is 133 Å². The molecule has 2 heterocycles. The van der Waals surface area contributed by atoms with E-state index in [4.69, 9.17) is 11.6 Å². The molecule has 2 atom stereocenters. The molecule has 2 aromatic rings. The smallest absolute Gasteiger partial charge is 0.224 e. The summed E-state index contributed by atoms with van der Waals surface area (Å²) in [5.41, 5.74) is 1.15. The number of carbonyl (C=O) groups excluding carboxylic acids is 1. The zero-order valence-electron chi connectivity index (χ0n) is 12.1. The Kier molecular flexibility index (Phi) is 3.37. The van der Waals surface area contributed by atoms with Crippen LogP contribution in [0.3, 0.4) is 0 Å². The van der Waals surface area contributed by atoms with Gasteiger partial charge in [0.15, 0.2) is 5.82 Å². The van der Waals surface area contributed by atoms with Crippen molar-refractivity contribution in [3.05, 3.63) is 46.5 Å². The van der Waals surface area contributed by atoms with Crippen molar-refractivity contribution in [2.75, 3.05) is 0 Å². The van der Waals surface area contributed by atoms with Gasteiger partial charge in [0.1, 0.15) is 5.82 Å². The van der Waals surface area contributed by atoms with Crippen LogP contribution in [0.4, 0.5) is 0 Å². The van der Waals surface area contributed by atoms with Gasteiger partial charge in [-0.3, -0.25) is 4.79 Å². The highest BCUT2D eigenvalue weighted by Crippen LogP contribution is 2.47. The molecule has 1 aliphatic heterocycles. The maximum Gasteiger partial charge on any atom is 0.224 e. The van der Waals surface area contributed by atoms with Crippen LogP contribution in [0, 0.1) is 5.92 Å². The minimum Gasteiger partial charge on any atom is -0.349 e. The molecule has 0 radical (unpaired) electrons. The van der Waals surface area contributed by atoms with Gasteiger partial charge in [0, 0.05) is 23.9 Å². The lowest BCUT2D eigenvalue weighted by atomic mass is 10.1. The highest BCUT2D eigenvalue weighted by atomic mass is 35.5. The summed E-state index contributed by atoms with van der Waals surface area (Å²) < 4.78 is 2.11. The highest BCUT2D eigenvalue weighted by Gasteiger charge is 2.43. The van der Waals surface area contributed by atoms with E-state index in [0.29, 0.717) is 12.5 Å². The molecule has 6 heteroatoms. The van der Waals surface area contributed by atoms with Crippen LogP contribution in [0.5, 0.6) is 0 Å². The number of hydrogen-bond acceptors (Lipinski definition) is 3. The number of nitrogens with zero attached hydrogens (tertiary/aromatic N) is 3. The molecule has 0 spiro atoms. The van der Waals surface area contributed by atoms with Gasteiger partial charge in [-0.15, -0.1) is 10.2 Å². The molecule has 1 aromatic heterocycles. The summed E-state index contributed by atoms with van der Waals surface area (Å²) in [4.78, 5) is 12.3. The third kappa shape index (κ3) is 2.50. The van der Waals surface area contributed by atoms with E-state index in [2.05, 4.69) is 20.1 Å². The molecule has 2 aliphatic rings. The maximum absolute atomic E-state index is 12.3. The number of nitrogens with one attached hydrogen (secondary N) is 1. The molecule has 1 saturated carbocycles. The normalized spacial score (nSPS) is 22.4. The van der Waals surface area contributed by atoms with E-state index in [1.807, 2.05) is 24.3 Å². The van der Waals surface area contributed by atoms with Gasteiger partial charge in [0.2, 0.25) is 5.91 Å². The van der Waals surface area contributed by atoms with Crippen LogP contribution in [0.15, 0.2) is 24.3 Å². The molecule has 4 rings (SSSR count). The standard InChI is InChI=1S/C16H17ClN4O/c17-11-4-1-3-10(7-11)12-8-13(12)16(22)18-9-15-20-19-14-5-2-6-21(14)15/h1,3-4,7,12-13H,2,5-6,8-9H2,(H,18,22). The van der Waals surface area contributed by atoms with Crippen LogP contribution in [-0.4, -0.2) is 20.7 Å². The van der Waals surface area contributed by atoms with Crippen molar-refractivity contribution in [3.63, 3.8) is 0 Å². The first-order valence-corrected chi connectivity index (χ1v) is 8.04. The largest absolute Gasteiger partial charge is 0.349 e. The van der Waals surface area contributed by atoms with Crippen LogP contribution < -0.4 is 5.32 Å². The van der Waals surface area contributed by atoms with Crippen LogP contribution in [0.25, 0.3) is 0 Å². The lowest BCUT2D eigenvalue weighted by Gasteiger charge is -2.06. The van der Waals surface area contributed by atoms with Crippen molar-refractivity contribution in [3.8, 4) is 0 Å². The Hall–Kier alpha value is -1.88. The fourth-order valence-corrected chi connectivity index (χ4v) is 3.43. The molecule has 114 valence electrons. The molecule has 2 unspecified atom stereocenters. The zero-order chi connectivity index (χ0) is 15.1. The fraction of sp³-hybridized carbons (Fsp3) is 0.438. The van der Waals surface area contributed by atoms with E-state index in [-0.39, 0.29) is 11.8 Å². The van der Waals surface area contributed by atoms with Crippen LogP contribution in [0.1, 0.15) is 36.0 Å². The SMILES string of the molecule is O=C(NCc1nnc2n1CCC2)C1CC1c1cccc(Cl)c1. The van der Waals surface area contributed by atoms with E-state index in [9.17, 15) is 4.79 Å². The van der Waals surface area contributed by atoms with Crippen molar-refractivity contribution in [2.45, 2.75) is 38.3 Å². The zero-order valence-corrected chi connectivity index (χ0v) is 12.9. The van der Waals surface area contributed by atoms with Gasteiger partial charge in [-0.1, -0.05) is 23.7 Å². The number of benzene rings is 1. The fourth-order valence-electron chi connectivity index (χ4n) is 3.23. The van der Waals surface area contributed by atoms with Gasteiger partial charge in [-0.2, -0.15) is 0 Å². The Morgan fingerprint density at radius 1 is 1.41 bits per heavy atom. The molecular formula is C16H17ClN4O. The summed E-state index contributed by atoms with van der Waals surface area (Å²) in [7, 11) is 0. The summed E-state index contributed by atoms with van der Waals surface area (Å²) in [5, 5.41) is 12.0. The van der Waals surface area contributed by atoms with Crippen molar-refractivity contribution < 1.29 is 4.79 Å². The highest BCUT2D eigenvalue weighted by molar-refractivity contribution is 6.30. The molecule has 0 saturated heterocycles. The summed E-state index contributed by atoms with van der Waals surface area (Å²) in [6.07, 6.45) is 3.00. The van der Waals surface area contributed by atoms with Gasteiger partial charge in [0.05, 0.1) is 6.54 Å². The van der Waals surface area contributed by atoms with Crippen LogP contribution in [0.2, 0.25) is 5.02 Å². The van der Waals surface area contributed by atoms with Crippen LogP contribution in [-0.2, 0) is 24.3 Å². The number of aryl methyl sites for hydroxylation is 1. The van der Waals surface area contributed by atoms with Gasteiger partial charge in [-0.05, 0) is 36.5 Å². The summed E-state index contributed by atoms with van der Waals surface area (Å²) in [6, 6.07) is 7.78. The topological polar surface area (TPSA) is 59.8 Å². The Morgan fingerprint density at radius 3 is 3.18 bits per heavy atom. The molecular weight excluding hydrogens is 300 g/mol. The number of aromatic nitrogens is 3. The third-order valence-corrected chi connectivity index (χ3v) is 4.75. The molecule has 22 heavy (non-hydrogen) atoms. The van der Waals surface area contributed by atoms with Gasteiger partial charge < -0.3 is 9.88 Å². The number of rotatable bonds is 4. The van der Waals surface area contributed by atoms with E-state index < -0.39 is 0 Å². The van der Waals surface area contributed by atoms with E-state index in [1.165, 1.54) is 0 Å². The van der Waals surface area contributed by atoms with Gasteiger partial charge in [-0.25, -0.2) is 0 Å². The third-order valence-electron chi connectivity index (χ3n) is 4.51. The summed E-state index contributed by atoms with van der Waals surface area (Å²) in [6.45, 7) is 1.42. The summed E-state index contributed by atoms with van der Waals surface area (Å²) in [5.74, 6) is 2.34. The molecule has 0 bridgehead atoms. The second-order valence-electron chi connectivity index (χ2n) is 6.01. The first-order chi connectivity index (χ1) is 10.7. The second kappa shape index (κ2) is 5.39. The number of amides is 1. The Balaban J connectivity index is 1.36. The predicted octanol–water partition coefficient (Wildman–Crippen LogP) is 2.30. The van der Waals surface area contributed by atoms with Crippen molar-refractivity contribution >= 4 is 17.5 Å². The van der Waals surface area contributed by atoms with Gasteiger partial charge >= 0.3 is 0 Å². The Bertz CT molecular complexity index is 727.